The molecule has 8 heteroatoms. The molecule has 0 saturated carbocycles. The van der Waals surface area contributed by atoms with E-state index in [4.69, 9.17) is 11.6 Å². The maximum Gasteiger partial charge on any atom is 0.225 e. The van der Waals surface area contributed by atoms with Crippen LogP contribution in [-0.2, 0) is 10.2 Å². The number of rotatable bonds is 7. The van der Waals surface area contributed by atoms with Crippen LogP contribution in [0.2, 0.25) is 5.02 Å². The van der Waals surface area contributed by atoms with Crippen molar-refractivity contribution in [3.8, 4) is 0 Å². The van der Waals surface area contributed by atoms with Gasteiger partial charge in [-0.05, 0) is 43.4 Å². The van der Waals surface area contributed by atoms with E-state index in [0.29, 0.717) is 17.5 Å². The minimum Gasteiger partial charge on any atom is -0.356 e. The number of hydrogen-bond acceptors (Lipinski definition) is 2. The monoisotopic (exact) mass is 566 g/mol. The zero-order chi connectivity index (χ0) is 22.3. The summed E-state index contributed by atoms with van der Waals surface area (Å²) in [5.41, 5.74) is 0.592. The zero-order valence-corrected chi connectivity index (χ0v) is 22.4. The van der Waals surface area contributed by atoms with E-state index in [9.17, 15) is 9.18 Å². The summed E-state index contributed by atoms with van der Waals surface area (Å²) in [6.45, 7) is 10.4. The van der Waals surface area contributed by atoms with Crippen LogP contribution >= 0.6 is 35.6 Å². The molecule has 1 fully saturated rings. The van der Waals surface area contributed by atoms with Gasteiger partial charge in [-0.2, -0.15) is 0 Å². The van der Waals surface area contributed by atoms with Gasteiger partial charge in [-0.1, -0.05) is 45.4 Å². The third kappa shape index (κ3) is 7.77. The Labute approximate surface area is 208 Å². The SMILES string of the molecule is CCC(CC)C(=O)N1CCC(NC(=NC)NCC(C)(C)c2ccc(F)cc2Cl)CC1.I. The second-order valence-corrected chi connectivity index (χ2v) is 9.10. The first-order valence-electron chi connectivity index (χ1n) is 10.9. The third-order valence-electron chi connectivity index (χ3n) is 6.06. The summed E-state index contributed by atoms with van der Waals surface area (Å²) in [6.07, 6.45) is 3.61. The molecule has 0 aliphatic carbocycles. The van der Waals surface area contributed by atoms with Gasteiger partial charge < -0.3 is 15.5 Å². The average molecular weight is 567 g/mol. The molecule has 176 valence electrons. The van der Waals surface area contributed by atoms with Crippen molar-refractivity contribution in [3.05, 3.63) is 34.6 Å². The van der Waals surface area contributed by atoms with Crippen molar-refractivity contribution in [2.45, 2.75) is 64.8 Å². The maximum atomic E-state index is 13.4. The summed E-state index contributed by atoms with van der Waals surface area (Å²) in [4.78, 5) is 18.9. The van der Waals surface area contributed by atoms with E-state index in [2.05, 4.69) is 43.3 Å². The van der Waals surface area contributed by atoms with Crippen molar-refractivity contribution >= 4 is 47.4 Å². The van der Waals surface area contributed by atoms with Gasteiger partial charge in [0.2, 0.25) is 5.91 Å². The lowest BCUT2D eigenvalue weighted by atomic mass is 9.84. The molecule has 0 radical (unpaired) electrons. The van der Waals surface area contributed by atoms with E-state index in [1.54, 1.807) is 13.1 Å². The van der Waals surface area contributed by atoms with Gasteiger partial charge in [0.1, 0.15) is 5.82 Å². The minimum atomic E-state index is -0.334. The number of carbonyl (C=O) groups excluding carboxylic acids is 1. The fraction of sp³-hybridized carbons (Fsp3) is 0.652. The van der Waals surface area contributed by atoms with Gasteiger partial charge in [-0.25, -0.2) is 4.39 Å². The number of aliphatic imine (C=N–C) groups is 1. The van der Waals surface area contributed by atoms with E-state index in [1.165, 1.54) is 12.1 Å². The first kappa shape index (κ1) is 27.9. The highest BCUT2D eigenvalue weighted by atomic mass is 127. The average Bonchev–Trinajstić information content (AvgIpc) is 2.72. The minimum absolute atomic E-state index is 0. The number of guanidine groups is 1. The van der Waals surface area contributed by atoms with Crippen molar-refractivity contribution in [2.24, 2.45) is 10.9 Å². The van der Waals surface area contributed by atoms with Gasteiger partial charge in [-0.15, -0.1) is 24.0 Å². The molecule has 5 nitrogen and oxygen atoms in total. The number of hydrogen-bond donors (Lipinski definition) is 2. The number of nitrogens with one attached hydrogen (secondary N) is 2. The molecule has 1 aromatic rings. The molecule has 2 rings (SSSR count). The highest BCUT2D eigenvalue weighted by molar-refractivity contribution is 14.0. The van der Waals surface area contributed by atoms with Crippen LogP contribution in [-0.4, -0.2) is 49.5 Å². The van der Waals surface area contributed by atoms with Gasteiger partial charge in [0.05, 0.1) is 0 Å². The molecule has 1 aromatic carbocycles. The largest absolute Gasteiger partial charge is 0.356 e. The van der Waals surface area contributed by atoms with Crippen LogP contribution < -0.4 is 10.6 Å². The number of halogens is 3. The smallest absolute Gasteiger partial charge is 0.225 e. The summed E-state index contributed by atoms with van der Waals surface area (Å²) in [6, 6.07) is 4.80. The number of piperidine rings is 1. The van der Waals surface area contributed by atoms with Crippen LogP contribution in [0.1, 0.15) is 58.9 Å². The normalized spacial score (nSPS) is 15.6. The number of likely N-dealkylation sites (tertiary alicyclic amines) is 1. The summed E-state index contributed by atoms with van der Waals surface area (Å²) < 4.78 is 13.4. The molecule has 1 heterocycles. The first-order valence-corrected chi connectivity index (χ1v) is 11.3. The topological polar surface area (TPSA) is 56.7 Å². The Balaban J connectivity index is 0.00000480. The van der Waals surface area contributed by atoms with Crippen molar-refractivity contribution in [3.63, 3.8) is 0 Å². The maximum absolute atomic E-state index is 13.4. The Morgan fingerprint density at radius 3 is 2.42 bits per heavy atom. The molecular formula is C23H37ClFIN4O. The van der Waals surface area contributed by atoms with Crippen molar-refractivity contribution < 1.29 is 9.18 Å². The summed E-state index contributed by atoms with van der Waals surface area (Å²) in [7, 11) is 1.75. The van der Waals surface area contributed by atoms with E-state index in [1.807, 2.05) is 4.90 Å². The Morgan fingerprint density at radius 2 is 1.90 bits per heavy atom. The van der Waals surface area contributed by atoms with Crippen molar-refractivity contribution in [2.75, 3.05) is 26.7 Å². The zero-order valence-electron chi connectivity index (χ0n) is 19.3. The molecule has 2 N–H and O–H groups in total. The second-order valence-electron chi connectivity index (χ2n) is 8.69. The number of benzene rings is 1. The van der Waals surface area contributed by atoms with E-state index in [-0.39, 0.29) is 47.2 Å². The van der Waals surface area contributed by atoms with Gasteiger partial charge in [0, 0.05) is 49.1 Å². The fourth-order valence-corrected chi connectivity index (χ4v) is 4.39. The molecule has 0 aromatic heterocycles. The number of nitrogens with zero attached hydrogens (tertiary/aromatic N) is 2. The van der Waals surface area contributed by atoms with E-state index in [0.717, 1.165) is 50.3 Å². The molecule has 0 unspecified atom stereocenters. The van der Waals surface area contributed by atoms with Crippen molar-refractivity contribution in [1.82, 2.24) is 15.5 Å². The highest BCUT2D eigenvalue weighted by Crippen LogP contribution is 2.30. The Hall–Kier alpha value is -1.09. The molecule has 0 bridgehead atoms. The quantitative estimate of drug-likeness (QED) is 0.279. The second kappa shape index (κ2) is 12.8. The predicted octanol–water partition coefficient (Wildman–Crippen LogP) is 4.97. The molecule has 0 atom stereocenters. The molecule has 1 aliphatic heterocycles. The number of amides is 1. The molecule has 0 spiro atoms. The van der Waals surface area contributed by atoms with Gasteiger partial charge in [-0.3, -0.25) is 9.79 Å². The first-order chi connectivity index (χ1) is 14.2. The van der Waals surface area contributed by atoms with Crippen LogP contribution in [0.15, 0.2) is 23.2 Å². The molecule has 1 aliphatic rings. The van der Waals surface area contributed by atoms with Gasteiger partial charge >= 0.3 is 0 Å². The standard InChI is InChI=1S/C23H36ClFN4O.HI/c1-6-16(7-2)21(30)29-12-10-18(11-13-29)28-22(26-5)27-15-23(3,4)19-9-8-17(25)14-20(19)24;/h8-9,14,16,18H,6-7,10-13,15H2,1-5H3,(H2,26,27,28);1H. The highest BCUT2D eigenvalue weighted by Gasteiger charge is 2.28. The third-order valence-corrected chi connectivity index (χ3v) is 6.38. The van der Waals surface area contributed by atoms with Crippen LogP contribution in [0.4, 0.5) is 4.39 Å². The van der Waals surface area contributed by atoms with Crippen LogP contribution in [0.5, 0.6) is 0 Å². The summed E-state index contributed by atoms with van der Waals surface area (Å²) in [5.74, 6) is 0.827. The van der Waals surface area contributed by atoms with Crippen molar-refractivity contribution in [1.29, 1.82) is 0 Å². The Kier molecular flexibility index (Phi) is 11.6. The van der Waals surface area contributed by atoms with Crippen LogP contribution in [0.3, 0.4) is 0 Å². The van der Waals surface area contributed by atoms with Gasteiger partial charge in [0.25, 0.3) is 0 Å². The lowest BCUT2D eigenvalue weighted by Crippen LogP contribution is -2.52. The van der Waals surface area contributed by atoms with Crippen LogP contribution in [0.25, 0.3) is 0 Å². The van der Waals surface area contributed by atoms with E-state index < -0.39 is 0 Å². The number of carbonyl (C=O) groups is 1. The molecule has 31 heavy (non-hydrogen) atoms. The van der Waals surface area contributed by atoms with Gasteiger partial charge in [0.15, 0.2) is 5.96 Å². The van der Waals surface area contributed by atoms with Crippen LogP contribution in [0, 0.1) is 11.7 Å². The lowest BCUT2D eigenvalue weighted by molar-refractivity contribution is -0.136. The lowest BCUT2D eigenvalue weighted by Gasteiger charge is -2.35. The molecular weight excluding hydrogens is 530 g/mol. The fourth-order valence-electron chi connectivity index (χ4n) is 3.97. The Morgan fingerprint density at radius 1 is 1.29 bits per heavy atom. The predicted molar refractivity (Wildman–Crippen MR) is 138 cm³/mol. The Bertz CT molecular complexity index is 747. The van der Waals surface area contributed by atoms with E-state index >= 15 is 0 Å². The summed E-state index contributed by atoms with van der Waals surface area (Å²) >= 11 is 6.26. The summed E-state index contributed by atoms with van der Waals surface area (Å²) in [5, 5.41) is 7.28. The molecule has 1 amide bonds. The molecule has 1 saturated heterocycles.